The third kappa shape index (κ3) is 4.59. The Kier molecular flexibility index (Phi) is 6.22. The van der Waals surface area contributed by atoms with Gasteiger partial charge in [-0.25, -0.2) is 9.37 Å². The molecule has 2 rings (SSSR count). The molecule has 1 aromatic carbocycles. The van der Waals surface area contributed by atoms with Crippen LogP contribution in [0.1, 0.15) is 25.2 Å². The van der Waals surface area contributed by atoms with Crippen LogP contribution < -0.4 is 10.1 Å². The SMILES string of the molecule is CCc1nnc(Nc2ccc(OCCOC)c(F)c2)nc1CC. The van der Waals surface area contributed by atoms with Crippen molar-refractivity contribution in [1.29, 1.82) is 0 Å². The molecule has 23 heavy (non-hydrogen) atoms. The zero-order chi connectivity index (χ0) is 16.7. The molecule has 0 amide bonds. The van der Waals surface area contributed by atoms with Crippen LogP contribution in [-0.2, 0) is 17.6 Å². The van der Waals surface area contributed by atoms with Gasteiger partial charge < -0.3 is 14.8 Å². The first kappa shape index (κ1) is 17.1. The third-order valence-electron chi connectivity index (χ3n) is 3.24. The second-order valence-electron chi connectivity index (χ2n) is 4.85. The summed E-state index contributed by atoms with van der Waals surface area (Å²) < 4.78 is 24.1. The summed E-state index contributed by atoms with van der Waals surface area (Å²) >= 11 is 0. The molecule has 1 heterocycles. The first-order valence-electron chi connectivity index (χ1n) is 7.58. The number of hydrogen-bond donors (Lipinski definition) is 1. The molecule has 0 spiro atoms. The summed E-state index contributed by atoms with van der Waals surface area (Å²) in [5, 5.41) is 11.1. The minimum absolute atomic E-state index is 0.183. The van der Waals surface area contributed by atoms with Crippen LogP contribution in [0.25, 0.3) is 0 Å². The third-order valence-corrected chi connectivity index (χ3v) is 3.24. The molecule has 0 fully saturated rings. The van der Waals surface area contributed by atoms with Crippen molar-refractivity contribution in [3.63, 3.8) is 0 Å². The highest BCUT2D eigenvalue weighted by Crippen LogP contribution is 2.23. The minimum Gasteiger partial charge on any atom is -0.488 e. The van der Waals surface area contributed by atoms with Gasteiger partial charge in [-0.15, -0.1) is 10.2 Å². The number of halogens is 1. The van der Waals surface area contributed by atoms with Gasteiger partial charge in [0, 0.05) is 18.9 Å². The van der Waals surface area contributed by atoms with Gasteiger partial charge in [0.2, 0.25) is 5.95 Å². The van der Waals surface area contributed by atoms with Crippen LogP contribution >= 0.6 is 0 Å². The average molecular weight is 320 g/mol. The quantitative estimate of drug-likeness (QED) is 0.754. The maximum atomic E-state index is 14.0. The Labute approximate surface area is 135 Å². The zero-order valence-electron chi connectivity index (χ0n) is 13.6. The second kappa shape index (κ2) is 8.38. The van der Waals surface area contributed by atoms with Gasteiger partial charge in [0.1, 0.15) is 6.61 Å². The lowest BCUT2D eigenvalue weighted by Gasteiger charge is -2.10. The maximum Gasteiger partial charge on any atom is 0.247 e. The van der Waals surface area contributed by atoms with Gasteiger partial charge >= 0.3 is 0 Å². The summed E-state index contributed by atoms with van der Waals surface area (Å²) in [5.41, 5.74) is 2.31. The van der Waals surface area contributed by atoms with Gasteiger partial charge in [0.05, 0.1) is 18.0 Å². The maximum absolute atomic E-state index is 14.0. The van der Waals surface area contributed by atoms with E-state index in [0.29, 0.717) is 24.8 Å². The molecule has 0 saturated heterocycles. The Bertz CT molecular complexity index is 652. The molecule has 1 N–H and O–H groups in total. The van der Waals surface area contributed by atoms with Gasteiger partial charge in [-0.2, -0.15) is 0 Å². The Morgan fingerprint density at radius 1 is 1.09 bits per heavy atom. The van der Waals surface area contributed by atoms with E-state index in [1.54, 1.807) is 19.2 Å². The molecule has 1 aromatic heterocycles. The number of ether oxygens (including phenoxy) is 2. The van der Waals surface area contributed by atoms with E-state index in [2.05, 4.69) is 20.5 Å². The molecule has 0 aliphatic carbocycles. The molecule has 2 aromatic rings. The zero-order valence-corrected chi connectivity index (χ0v) is 13.6. The van der Waals surface area contributed by atoms with Crippen LogP contribution in [0.4, 0.5) is 16.0 Å². The van der Waals surface area contributed by atoms with Gasteiger partial charge in [0.15, 0.2) is 11.6 Å². The van der Waals surface area contributed by atoms with E-state index in [1.807, 2.05) is 13.8 Å². The van der Waals surface area contributed by atoms with Crippen molar-refractivity contribution in [3.8, 4) is 5.75 Å². The molecular weight excluding hydrogens is 299 g/mol. The highest BCUT2D eigenvalue weighted by Gasteiger charge is 2.09. The second-order valence-corrected chi connectivity index (χ2v) is 4.85. The molecule has 7 heteroatoms. The minimum atomic E-state index is -0.458. The predicted molar refractivity (Wildman–Crippen MR) is 85.6 cm³/mol. The smallest absolute Gasteiger partial charge is 0.247 e. The number of nitrogens with zero attached hydrogens (tertiary/aromatic N) is 3. The highest BCUT2D eigenvalue weighted by molar-refractivity contribution is 5.54. The molecular formula is C16H21FN4O2. The van der Waals surface area contributed by atoms with Crippen molar-refractivity contribution < 1.29 is 13.9 Å². The fourth-order valence-corrected chi connectivity index (χ4v) is 2.05. The molecule has 0 aliphatic rings. The number of nitrogens with one attached hydrogen (secondary N) is 1. The average Bonchev–Trinajstić information content (AvgIpc) is 2.57. The lowest BCUT2D eigenvalue weighted by Crippen LogP contribution is -2.07. The van der Waals surface area contributed by atoms with Gasteiger partial charge in [-0.3, -0.25) is 0 Å². The van der Waals surface area contributed by atoms with E-state index in [9.17, 15) is 4.39 Å². The van der Waals surface area contributed by atoms with Crippen molar-refractivity contribution in [2.45, 2.75) is 26.7 Å². The van der Waals surface area contributed by atoms with E-state index in [0.717, 1.165) is 24.2 Å². The summed E-state index contributed by atoms with van der Waals surface area (Å²) in [6.07, 6.45) is 1.56. The molecule has 6 nitrogen and oxygen atoms in total. The molecule has 0 saturated carbocycles. The highest BCUT2D eigenvalue weighted by atomic mass is 19.1. The van der Waals surface area contributed by atoms with Gasteiger partial charge in [0.25, 0.3) is 0 Å². The van der Waals surface area contributed by atoms with Gasteiger partial charge in [-0.05, 0) is 25.0 Å². The van der Waals surface area contributed by atoms with Crippen molar-refractivity contribution in [2.24, 2.45) is 0 Å². The Balaban J connectivity index is 2.09. The number of aromatic nitrogens is 3. The van der Waals surface area contributed by atoms with E-state index < -0.39 is 5.82 Å². The lowest BCUT2D eigenvalue weighted by atomic mass is 10.2. The molecule has 0 radical (unpaired) electrons. The first-order chi connectivity index (χ1) is 11.2. The summed E-state index contributed by atoms with van der Waals surface area (Å²) in [6, 6.07) is 4.60. The summed E-state index contributed by atoms with van der Waals surface area (Å²) in [5.74, 6) is 0.0775. The van der Waals surface area contributed by atoms with E-state index in [1.165, 1.54) is 6.07 Å². The van der Waals surface area contributed by atoms with E-state index in [4.69, 9.17) is 9.47 Å². The fraction of sp³-hybridized carbons (Fsp3) is 0.438. The number of aryl methyl sites for hydroxylation is 2. The molecule has 0 bridgehead atoms. The molecule has 124 valence electrons. The Morgan fingerprint density at radius 3 is 2.52 bits per heavy atom. The number of benzene rings is 1. The summed E-state index contributed by atoms with van der Waals surface area (Å²) in [4.78, 5) is 4.42. The predicted octanol–water partition coefficient (Wildman–Crippen LogP) is 2.90. The van der Waals surface area contributed by atoms with Crippen LogP contribution in [0, 0.1) is 5.82 Å². The largest absolute Gasteiger partial charge is 0.488 e. The fourth-order valence-electron chi connectivity index (χ4n) is 2.05. The summed E-state index contributed by atoms with van der Waals surface area (Å²) in [6.45, 7) is 4.72. The van der Waals surface area contributed by atoms with E-state index >= 15 is 0 Å². The number of rotatable bonds is 8. The molecule has 0 unspecified atom stereocenters. The summed E-state index contributed by atoms with van der Waals surface area (Å²) in [7, 11) is 1.56. The Hall–Kier alpha value is -2.28. The first-order valence-corrected chi connectivity index (χ1v) is 7.58. The Morgan fingerprint density at radius 2 is 1.87 bits per heavy atom. The monoisotopic (exact) mass is 320 g/mol. The van der Waals surface area contributed by atoms with Crippen LogP contribution in [0.5, 0.6) is 5.75 Å². The van der Waals surface area contributed by atoms with Crippen LogP contribution in [0.3, 0.4) is 0 Å². The van der Waals surface area contributed by atoms with Gasteiger partial charge in [-0.1, -0.05) is 13.8 Å². The number of methoxy groups -OCH3 is 1. The number of anilines is 2. The molecule has 0 atom stereocenters. The van der Waals surface area contributed by atoms with Crippen molar-refractivity contribution in [2.75, 3.05) is 25.6 Å². The lowest BCUT2D eigenvalue weighted by molar-refractivity contribution is 0.144. The topological polar surface area (TPSA) is 69.2 Å². The number of hydrogen-bond acceptors (Lipinski definition) is 6. The van der Waals surface area contributed by atoms with E-state index in [-0.39, 0.29) is 5.75 Å². The van der Waals surface area contributed by atoms with Crippen molar-refractivity contribution >= 4 is 11.6 Å². The van der Waals surface area contributed by atoms with Crippen LogP contribution in [-0.4, -0.2) is 35.5 Å². The molecule has 0 aliphatic heterocycles. The van der Waals surface area contributed by atoms with Crippen LogP contribution in [0.15, 0.2) is 18.2 Å². The van der Waals surface area contributed by atoms with Crippen LogP contribution in [0.2, 0.25) is 0 Å². The van der Waals surface area contributed by atoms with Crippen molar-refractivity contribution in [3.05, 3.63) is 35.4 Å². The normalized spacial score (nSPS) is 10.6. The standard InChI is InChI=1S/C16H21FN4O2/c1-4-13-14(5-2)20-21-16(19-13)18-11-6-7-15(12(17)10-11)23-9-8-22-3/h6-7,10H,4-5,8-9H2,1-3H3,(H,18,19,21). The van der Waals surface area contributed by atoms with Crippen molar-refractivity contribution in [1.82, 2.24) is 15.2 Å².